The highest BCUT2D eigenvalue weighted by atomic mass is 16.7. The van der Waals surface area contributed by atoms with E-state index in [9.17, 15) is 0 Å². The maximum absolute atomic E-state index is 9.00. The molecule has 0 heterocycles. The van der Waals surface area contributed by atoms with Gasteiger partial charge in [-0.15, -0.1) is 0 Å². The summed E-state index contributed by atoms with van der Waals surface area (Å²) in [5.74, 6) is -2.73. The predicted molar refractivity (Wildman–Crippen MR) is 49.0 cm³/mol. The second kappa shape index (κ2) is 3.10. The van der Waals surface area contributed by atoms with E-state index in [1.54, 1.807) is 13.0 Å². The Labute approximate surface area is 77.3 Å². The third-order valence-corrected chi connectivity index (χ3v) is 2.42. The number of aryl methyl sites for hydroxylation is 1. The van der Waals surface area contributed by atoms with Gasteiger partial charge in [-0.05, 0) is 37.5 Å². The van der Waals surface area contributed by atoms with Gasteiger partial charge in [0.2, 0.25) is 0 Å². The smallest absolute Gasteiger partial charge is 0.304 e. The maximum atomic E-state index is 9.00. The fourth-order valence-electron chi connectivity index (χ4n) is 1.32. The van der Waals surface area contributed by atoms with E-state index in [0.717, 1.165) is 11.1 Å². The zero-order valence-corrected chi connectivity index (χ0v) is 8.00. The van der Waals surface area contributed by atoms with Crippen molar-refractivity contribution in [3.05, 3.63) is 34.4 Å². The molecular weight excluding hydrogens is 168 g/mol. The van der Waals surface area contributed by atoms with Crippen molar-refractivity contribution < 1.29 is 15.3 Å². The molecule has 3 nitrogen and oxygen atoms in total. The van der Waals surface area contributed by atoms with Crippen molar-refractivity contribution in [3.8, 4) is 0 Å². The molecule has 72 valence electrons. The molecule has 0 saturated heterocycles. The summed E-state index contributed by atoms with van der Waals surface area (Å²) in [4.78, 5) is 0. The molecule has 0 saturated carbocycles. The Kier molecular flexibility index (Phi) is 2.43. The molecule has 0 fully saturated rings. The van der Waals surface area contributed by atoms with Crippen LogP contribution in [0.1, 0.15) is 22.3 Å². The molecule has 13 heavy (non-hydrogen) atoms. The monoisotopic (exact) mass is 182 g/mol. The number of benzene rings is 1. The van der Waals surface area contributed by atoms with Crippen LogP contribution in [0, 0.1) is 20.8 Å². The van der Waals surface area contributed by atoms with Gasteiger partial charge in [0.15, 0.2) is 0 Å². The summed E-state index contributed by atoms with van der Waals surface area (Å²) in [5, 5.41) is 27.0. The SMILES string of the molecule is Cc1ccc(C(O)(O)O)c(C)c1C. The lowest BCUT2D eigenvalue weighted by Crippen LogP contribution is -2.25. The normalized spacial score (nSPS) is 11.8. The topological polar surface area (TPSA) is 60.7 Å². The number of hydrogen-bond acceptors (Lipinski definition) is 3. The first-order valence-electron chi connectivity index (χ1n) is 4.08. The van der Waals surface area contributed by atoms with Crippen LogP contribution in [-0.4, -0.2) is 15.3 Å². The van der Waals surface area contributed by atoms with Crippen molar-refractivity contribution >= 4 is 0 Å². The van der Waals surface area contributed by atoms with Gasteiger partial charge in [-0.25, -0.2) is 0 Å². The lowest BCUT2D eigenvalue weighted by Gasteiger charge is -2.19. The summed E-state index contributed by atoms with van der Waals surface area (Å²) in [5.41, 5.74) is 2.85. The Morgan fingerprint density at radius 3 is 1.92 bits per heavy atom. The summed E-state index contributed by atoms with van der Waals surface area (Å²) in [6.45, 7) is 5.55. The molecule has 0 aliphatic carbocycles. The second-order valence-electron chi connectivity index (χ2n) is 3.32. The van der Waals surface area contributed by atoms with Gasteiger partial charge in [-0.1, -0.05) is 12.1 Å². The van der Waals surface area contributed by atoms with Crippen LogP contribution in [0.5, 0.6) is 0 Å². The zero-order chi connectivity index (χ0) is 10.2. The van der Waals surface area contributed by atoms with E-state index in [1.807, 2.05) is 13.8 Å². The molecule has 0 aliphatic rings. The Morgan fingerprint density at radius 1 is 0.923 bits per heavy atom. The maximum Gasteiger partial charge on any atom is 0.304 e. The molecule has 1 aromatic rings. The summed E-state index contributed by atoms with van der Waals surface area (Å²) in [6, 6.07) is 3.26. The van der Waals surface area contributed by atoms with Gasteiger partial charge in [0, 0.05) is 5.56 Å². The van der Waals surface area contributed by atoms with Crippen LogP contribution in [0.4, 0.5) is 0 Å². The molecule has 0 radical (unpaired) electrons. The van der Waals surface area contributed by atoms with Crippen molar-refractivity contribution in [2.24, 2.45) is 0 Å². The fraction of sp³-hybridized carbons (Fsp3) is 0.400. The third kappa shape index (κ3) is 1.88. The molecule has 1 aromatic carbocycles. The molecule has 0 amide bonds. The molecule has 0 aliphatic heterocycles. The minimum Gasteiger partial charge on any atom is -0.340 e. The number of aliphatic hydroxyl groups is 3. The molecule has 0 unspecified atom stereocenters. The van der Waals surface area contributed by atoms with Gasteiger partial charge in [0.1, 0.15) is 0 Å². The second-order valence-corrected chi connectivity index (χ2v) is 3.32. The van der Waals surface area contributed by atoms with Crippen molar-refractivity contribution in [1.29, 1.82) is 0 Å². The minimum absolute atomic E-state index is 0.135. The first kappa shape index (κ1) is 10.2. The highest BCUT2D eigenvalue weighted by Gasteiger charge is 2.24. The van der Waals surface area contributed by atoms with Gasteiger partial charge >= 0.3 is 5.97 Å². The van der Waals surface area contributed by atoms with Gasteiger partial charge in [0.05, 0.1) is 0 Å². The van der Waals surface area contributed by atoms with Gasteiger partial charge in [0.25, 0.3) is 0 Å². The molecule has 0 spiro atoms. The van der Waals surface area contributed by atoms with Crippen LogP contribution in [0.15, 0.2) is 12.1 Å². The Hall–Kier alpha value is -0.900. The van der Waals surface area contributed by atoms with Crippen LogP contribution in [0.3, 0.4) is 0 Å². The van der Waals surface area contributed by atoms with E-state index in [0.29, 0.717) is 5.56 Å². The molecule has 0 aromatic heterocycles. The van der Waals surface area contributed by atoms with Crippen molar-refractivity contribution in [1.82, 2.24) is 0 Å². The van der Waals surface area contributed by atoms with Gasteiger partial charge < -0.3 is 15.3 Å². The first-order valence-corrected chi connectivity index (χ1v) is 4.08. The highest BCUT2D eigenvalue weighted by Crippen LogP contribution is 2.23. The van der Waals surface area contributed by atoms with E-state index in [4.69, 9.17) is 15.3 Å². The van der Waals surface area contributed by atoms with Crippen LogP contribution < -0.4 is 0 Å². The standard InChI is InChI=1S/C10H14O3/c1-6-4-5-9(10(11,12)13)8(3)7(6)2/h4-5,11-13H,1-3H3. The third-order valence-electron chi connectivity index (χ3n) is 2.42. The Balaban J connectivity index is 3.35. The fourth-order valence-corrected chi connectivity index (χ4v) is 1.32. The summed E-state index contributed by atoms with van der Waals surface area (Å²) in [7, 11) is 0. The quantitative estimate of drug-likeness (QED) is 0.560. The van der Waals surface area contributed by atoms with Crippen molar-refractivity contribution in [2.45, 2.75) is 26.7 Å². The zero-order valence-electron chi connectivity index (χ0n) is 8.00. The van der Waals surface area contributed by atoms with E-state index < -0.39 is 5.97 Å². The number of hydrogen-bond donors (Lipinski definition) is 3. The van der Waals surface area contributed by atoms with E-state index >= 15 is 0 Å². The van der Waals surface area contributed by atoms with Gasteiger partial charge in [-0.2, -0.15) is 0 Å². The highest BCUT2D eigenvalue weighted by molar-refractivity contribution is 5.39. The molecule has 0 bridgehead atoms. The van der Waals surface area contributed by atoms with Gasteiger partial charge in [-0.3, -0.25) is 0 Å². The first-order chi connectivity index (χ1) is 5.84. The summed E-state index contributed by atoms with van der Waals surface area (Å²) >= 11 is 0. The van der Waals surface area contributed by atoms with Crippen molar-refractivity contribution in [3.63, 3.8) is 0 Å². The summed E-state index contributed by atoms with van der Waals surface area (Å²) in [6.07, 6.45) is 0. The summed E-state index contributed by atoms with van der Waals surface area (Å²) < 4.78 is 0. The Bertz CT molecular complexity index is 324. The van der Waals surface area contributed by atoms with E-state index in [-0.39, 0.29) is 5.56 Å². The van der Waals surface area contributed by atoms with Crippen LogP contribution in [0.2, 0.25) is 0 Å². The van der Waals surface area contributed by atoms with Crippen LogP contribution in [0.25, 0.3) is 0 Å². The molecule has 3 N–H and O–H groups in total. The van der Waals surface area contributed by atoms with E-state index in [2.05, 4.69) is 0 Å². The molecule has 1 rings (SSSR count). The minimum atomic E-state index is -2.73. The lowest BCUT2D eigenvalue weighted by molar-refractivity contribution is -0.324. The molecule has 3 heteroatoms. The molecule has 0 atom stereocenters. The van der Waals surface area contributed by atoms with Crippen LogP contribution in [-0.2, 0) is 5.97 Å². The Morgan fingerprint density at radius 2 is 1.46 bits per heavy atom. The molecular formula is C10H14O3. The number of rotatable bonds is 1. The lowest BCUT2D eigenvalue weighted by atomic mass is 9.98. The van der Waals surface area contributed by atoms with Crippen molar-refractivity contribution in [2.75, 3.05) is 0 Å². The van der Waals surface area contributed by atoms with Crippen LogP contribution >= 0.6 is 0 Å². The average Bonchev–Trinajstić information content (AvgIpc) is 1.98. The predicted octanol–water partition coefficient (Wildman–Crippen LogP) is 0.699. The van der Waals surface area contributed by atoms with E-state index in [1.165, 1.54) is 6.07 Å². The largest absolute Gasteiger partial charge is 0.340 e. The average molecular weight is 182 g/mol.